The Morgan fingerprint density at radius 1 is 0.362 bits per heavy atom. The van der Waals surface area contributed by atoms with E-state index in [0.29, 0.717) is 0 Å². The highest BCUT2D eigenvalue weighted by molar-refractivity contribution is 6.16. The molecule has 0 N–H and O–H groups in total. The molecular formula is C54H35N3O. The van der Waals surface area contributed by atoms with Crippen LogP contribution in [-0.2, 0) is 0 Å². The van der Waals surface area contributed by atoms with Crippen LogP contribution in [0.3, 0.4) is 0 Å². The predicted molar refractivity (Wildman–Crippen MR) is 241 cm³/mol. The molecule has 0 unspecified atom stereocenters. The third-order valence-electron chi connectivity index (χ3n) is 11.1. The number of benzene rings is 9. The van der Waals surface area contributed by atoms with Crippen molar-refractivity contribution in [2.45, 2.75) is 0 Å². The zero-order valence-electron chi connectivity index (χ0n) is 31.5. The third-order valence-corrected chi connectivity index (χ3v) is 11.1. The first kappa shape index (κ1) is 33.5. The molecular weight excluding hydrogens is 707 g/mol. The Labute approximate surface area is 335 Å². The monoisotopic (exact) mass is 741 g/mol. The highest BCUT2D eigenvalue weighted by Gasteiger charge is 2.22. The Morgan fingerprint density at radius 3 is 1.62 bits per heavy atom. The Kier molecular flexibility index (Phi) is 8.11. The van der Waals surface area contributed by atoms with Crippen LogP contribution in [0.2, 0.25) is 0 Å². The van der Waals surface area contributed by atoms with Crippen molar-refractivity contribution in [2.24, 2.45) is 0 Å². The second kappa shape index (κ2) is 14.0. The van der Waals surface area contributed by atoms with Crippen molar-refractivity contribution in [2.75, 3.05) is 4.90 Å². The fourth-order valence-electron chi connectivity index (χ4n) is 8.23. The SMILES string of the molecule is c1ccc(-c2ccc(N(c3ccc(-c4ccc(-c5nc6ccccc6nc5-c5ccccc5)c5oc6ccccc6c45)cc3)c3ccc4ccccc4c3)cc2)cc1. The third kappa shape index (κ3) is 5.87. The molecule has 272 valence electrons. The van der Waals surface area contributed by atoms with Gasteiger partial charge in [-0.25, -0.2) is 9.97 Å². The normalized spacial score (nSPS) is 11.4. The van der Waals surface area contributed by atoms with E-state index in [4.69, 9.17) is 14.4 Å². The molecule has 0 amide bonds. The number of furan rings is 1. The van der Waals surface area contributed by atoms with Gasteiger partial charge in [0.15, 0.2) is 0 Å². The molecule has 9 aromatic carbocycles. The maximum absolute atomic E-state index is 6.78. The van der Waals surface area contributed by atoms with Crippen LogP contribution in [0.15, 0.2) is 217 Å². The number of aromatic nitrogens is 2. The second-order valence-corrected chi connectivity index (χ2v) is 14.6. The predicted octanol–water partition coefficient (Wildman–Crippen LogP) is 14.8. The van der Waals surface area contributed by atoms with E-state index in [1.54, 1.807) is 0 Å². The van der Waals surface area contributed by atoms with E-state index in [2.05, 4.69) is 163 Å². The van der Waals surface area contributed by atoms with Crippen LogP contribution in [0.1, 0.15) is 0 Å². The fourth-order valence-corrected chi connectivity index (χ4v) is 8.23. The average molecular weight is 742 g/mol. The van der Waals surface area contributed by atoms with E-state index in [0.717, 1.165) is 83.7 Å². The molecule has 0 spiro atoms. The van der Waals surface area contributed by atoms with Crippen molar-refractivity contribution in [3.63, 3.8) is 0 Å². The van der Waals surface area contributed by atoms with Crippen LogP contribution in [0.4, 0.5) is 17.1 Å². The lowest BCUT2D eigenvalue weighted by Crippen LogP contribution is -2.09. The summed E-state index contributed by atoms with van der Waals surface area (Å²) in [6.07, 6.45) is 0. The molecule has 0 radical (unpaired) electrons. The highest BCUT2D eigenvalue weighted by Crippen LogP contribution is 2.44. The zero-order valence-corrected chi connectivity index (χ0v) is 31.5. The number of rotatable bonds is 7. The molecule has 0 aliphatic rings. The first-order valence-corrected chi connectivity index (χ1v) is 19.6. The van der Waals surface area contributed by atoms with Gasteiger partial charge < -0.3 is 9.32 Å². The maximum Gasteiger partial charge on any atom is 0.145 e. The lowest BCUT2D eigenvalue weighted by molar-refractivity contribution is 0.670. The van der Waals surface area contributed by atoms with E-state index in [9.17, 15) is 0 Å². The summed E-state index contributed by atoms with van der Waals surface area (Å²) in [6, 6.07) is 74.5. The molecule has 0 aliphatic carbocycles. The number of anilines is 3. The molecule has 0 saturated carbocycles. The molecule has 0 bridgehead atoms. The molecule has 0 fully saturated rings. The van der Waals surface area contributed by atoms with E-state index < -0.39 is 0 Å². The van der Waals surface area contributed by atoms with Crippen LogP contribution in [-0.4, -0.2) is 9.97 Å². The minimum atomic E-state index is 0.792. The topological polar surface area (TPSA) is 42.2 Å². The molecule has 0 atom stereocenters. The minimum Gasteiger partial charge on any atom is -0.455 e. The van der Waals surface area contributed by atoms with E-state index in [-0.39, 0.29) is 0 Å². The molecule has 58 heavy (non-hydrogen) atoms. The Balaban J connectivity index is 1.06. The van der Waals surface area contributed by atoms with Gasteiger partial charge in [0.2, 0.25) is 0 Å². The number of fused-ring (bicyclic) bond motifs is 5. The largest absolute Gasteiger partial charge is 0.455 e. The molecule has 2 heterocycles. The van der Waals surface area contributed by atoms with Crippen LogP contribution in [0, 0.1) is 0 Å². The smallest absolute Gasteiger partial charge is 0.145 e. The van der Waals surface area contributed by atoms with Gasteiger partial charge >= 0.3 is 0 Å². The lowest BCUT2D eigenvalue weighted by Gasteiger charge is -2.26. The van der Waals surface area contributed by atoms with Crippen LogP contribution in [0.25, 0.3) is 88.5 Å². The number of hydrogen-bond donors (Lipinski definition) is 0. The number of nitrogens with zero attached hydrogens (tertiary/aromatic N) is 3. The van der Waals surface area contributed by atoms with Crippen molar-refractivity contribution in [3.8, 4) is 44.8 Å². The summed E-state index contributed by atoms with van der Waals surface area (Å²) in [4.78, 5) is 12.7. The van der Waals surface area contributed by atoms with Gasteiger partial charge in [0.05, 0.1) is 16.7 Å². The Morgan fingerprint density at radius 2 is 0.897 bits per heavy atom. The quantitative estimate of drug-likeness (QED) is 0.163. The Hall–Kier alpha value is -7.82. The highest BCUT2D eigenvalue weighted by atomic mass is 16.3. The summed E-state index contributed by atoms with van der Waals surface area (Å²) in [5.74, 6) is 0. The van der Waals surface area contributed by atoms with Gasteiger partial charge in [-0.3, -0.25) is 0 Å². The van der Waals surface area contributed by atoms with Gasteiger partial charge in [0, 0.05) is 39.0 Å². The summed E-state index contributed by atoms with van der Waals surface area (Å²) in [6.45, 7) is 0. The van der Waals surface area contributed by atoms with Gasteiger partial charge in [0.25, 0.3) is 0 Å². The molecule has 11 rings (SSSR count). The summed E-state index contributed by atoms with van der Waals surface area (Å²) in [5.41, 5.74) is 14.7. The maximum atomic E-state index is 6.78. The lowest BCUT2D eigenvalue weighted by atomic mass is 9.94. The molecule has 2 aromatic heterocycles. The number of para-hydroxylation sites is 3. The standard InChI is InChI=1S/C54H35N3O/c1-3-13-36(14-4-1)38-23-28-42(29-24-38)57(44-32-25-37-15-7-8-18-41(37)35-44)43-30-26-39(27-31-43)45-33-34-47(54-51(45)46-19-9-12-22-50(46)58-54)53-52(40-16-5-2-6-17-40)55-48-20-10-11-21-49(48)56-53/h1-35H. The number of hydrogen-bond acceptors (Lipinski definition) is 4. The van der Waals surface area contributed by atoms with Crippen molar-refractivity contribution in [1.29, 1.82) is 0 Å². The zero-order chi connectivity index (χ0) is 38.4. The molecule has 0 saturated heterocycles. The summed E-state index contributed by atoms with van der Waals surface area (Å²) >= 11 is 0. The van der Waals surface area contributed by atoms with Crippen LogP contribution >= 0.6 is 0 Å². The van der Waals surface area contributed by atoms with E-state index in [1.165, 1.54) is 21.9 Å². The van der Waals surface area contributed by atoms with E-state index in [1.807, 2.05) is 54.6 Å². The summed E-state index contributed by atoms with van der Waals surface area (Å²) in [7, 11) is 0. The Bertz CT molecular complexity index is 3260. The van der Waals surface area contributed by atoms with Gasteiger partial charge in [0.1, 0.15) is 16.9 Å². The van der Waals surface area contributed by atoms with E-state index >= 15 is 0 Å². The molecule has 4 nitrogen and oxygen atoms in total. The first-order chi connectivity index (χ1) is 28.7. The average Bonchev–Trinajstić information content (AvgIpc) is 3.69. The van der Waals surface area contributed by atoms with Crippen molar-refractivity contribution < 1.29 is 4.42 Å². The van der Waals surface area contributed by atoms with Gasteiger partial charge in [-0.05, 0) is 93.7 Å². The minimum absolute atomic E-state index is 0.792. The van der Waals surface area contributed by atoms with Crippen molar-refractivity contribution >= 4 is 60.8 Å². The van der Waals surface area contributed by atoms with Crippen LogP contribution < -0.4 is 4.90 Å². The fraction of sp³-hybridized carbons (Fsp3) is 0. The first-order valence-electron chi connectivity index (χ1n) is 19.6. The van der Waals surface area contributed by atoms with Gasteiger partial charge in [-0.2, -0.15) is 0 Å². The van der Waals surface area contributed by atoms with Gasteiger partial charge in [-0.15, -0.1) is 0 Å². The van der Waals surface area contributed by atoms with Crippen molar-refractivity contribution in [1.82, 2.24) is 9.97 Å². The van der Waals surface area contributed by atoms with Crippen LogP contribution in [0.5, 0.6) is 0 Å². The molecule has 4 heteroatoms. The molecule has 11 aromatic rings. The second-order valence-electron chi connectivity index (χ2n) is 14.6. The van der Waals surface area contributed by atoms with Gasteiger partial charge in [-0.1, -0.05) is 152 Å². The summed E-state index contributed by atoms with van der Waals surface area (Å²) in [5, 5.41) is 4.53. The van der Waals surface area contributed by atoms with Crippen molar-refractivity contribution in [3.05, 3.63) is 212 Å². The molecule has 0 aliphatic heterocycles. The summed E-state index contributed by atoms with van der Waals surface area (Å²) < 4.78 is 6.78.